The molecule has 3 heteroatoms. The minimum Gasteiger partial charge on any atom is -0.489 e. The predicted octanol–water partition coefficient (Wildman–Crippen LogP) is 5.12. The number of rotatable bonds is 7. The molecular formula is C19H24ClNO. The fourth-order valence-electron chi connectivity index (χ4n) is 2.22. The lowest BCUT2D eigenvalue weighted by Gasteiger charge is -2.15. The first-order chi connectivity index (χ1) is 10.6. The number of aryl methyl sites for hydroxylation is 1. The van der Waals surface area contributed by atoms with Gasteiger partial charge < -0.3 is 10.1 Å². The first kappa shape index (κ1) is 16.9. The minimum absolute atomic E-state index is 0.476. The van der Waals surface area contributed by atoms with Crippen LogP contribution in [0.2, 0.25) is 5.02 Å². The first-order valence-corrected chi connectivity index (χ1v) is 8.16. The summed E-state index contributed by atoms with van der Waals surface area (Å²) in [5, 5.41) is 4.22. The normalized spacial score (nSPS) is 12.2. The molecule has 0 aliphatic heterocycles. The molecule has 2 rings (SSSR count). The van der Waals surface area contributed by atoms with Crippen molar-refractivity contribution in [1.29, 1.82) is 0 Å². The summed E-state index contributed by atoms with van der Waals surface area (Å²) in [5.74, 6) is 0.890. The smallest absolute Gasteiger partial charge is 0.124 e. The van der Waals surface area contributed by atoms with Gasteiger partial charge in [0.1, 0.15) is 12.4 Å². The van der Waals surface area contributed by atoms with E-state index in [1.807, 2.05) is 18.2 Å². The van der Waals surface area contributed by atoms with Gasteiger partial charge in [0.05, 0.1) is 0 Å². The van der Waals surface area contributed by atoms with Gasteiger partial charge in [-0.1, -0.05) is 48.4 Å². The molecule has 0 spiro atoms. The molecule has 0 aromatic heterocycles. The van der Waals surface area contributed by atoms with E-state index in [0.717, 1.165) is 29.3 Å². The average molecular weight is 318 g/mol. The van der Waals surface area contributed by atoms with Crippen LogP contribution in [-0.4, -0.2) is 6.04 Å². The van der Waals surface area contributed by atoms with Crippen LogP contribution in [0.1, 0.15) is 37.0 Å². The zero-order valence-corrected chi connectivity index (χ0v) is 14.3. The van der Waals surface area contributed by atoms with Crippen LogP contribution >= 0.6 is 11.6 Å². The van der Waals surface area contributed by atoms with Crippen molar-refractivity contribution in [2.75, 3.05) is 0 Å². The highest BCUT2D eigenvalue weighted by molar-refractivity contribution is 6.30. The zero-order valence-electron chi connectivity index (χ0n) is 13.5. The van der Waals surface area contributed by atoms with E-state index < -0.39 is 0 Å². The van der Waals surface area contributed by atoms with E-state index in [1.165, 1.54) is 11.1 Å². The van der Waals surface area contributed by atoms with Gasteiger partial charge >= 0.3 is 0 Å². The van der Waals surface area contributed by atoms with Crippen LogP contribution in [-0.2, 0) is 13.2 Å². The van der Waals surface area contributed by atoms with Crippen LogP contribution in [0.25, 0.3) is 0 Å². The Labute approximate surface area is 138 Å². The summed E-state index contributed by atoms with van der Waals surface area (Å²) in [6.45, 7) is 7.77. The first-order valence-electron chi connectivity index (χ1n) is 7.78. The maximum atomic E-state index is 6.12. The van der Waals surface area contributed by atoms with Gasteiger partial charge in [0.15, 0.2) is 0 Å². The van der Waals surface area contributed by atoms with Gasteiger partial charge in [-0.3, -0.25) is 0 Å². The number of hydrogen-bond donors (Lipinski definition) is 1. The molecule has 22 heavy (non-hydrogen) atoms. The third-order valence-electron chi connectivity index (χ3n) is 3.75. The van der Waals surface area contributed by atoms with Gasteiger partial charge in [-0.05, 0) is 44.0 Å². The molecule has 0 saturated carbocycles. The second kappa shape index (κ2) is 8.21. The van der Waals surface area contributed by atoms with E-state index in [9.17, 15) is 0 Å². The highest BCUT2D eigenvalue weighted by Crippen LogP contribution is 2.24. The Morgan fingerprint density at radius 2 is 2.00 bits per heavy atom. The van der Waals surface area contributed by atoms with Crippen molar-refractivity contribution < 1.29 is 4.74 Å². The molecule has 0 amide bonds. The number of hydrogen-bond acceptors (Lipinski definition) is 2. The standard InChI is InChI=1S/C19H24ClNO/c1-4-15(3)21-12-17-11-18(20)8-9-19(17)22-13-16-7-5-6-14(2)10-16/h5-11,15,21H,4,12-13H2,1-3H3/t15-/m1/s1. The SMILES string of the molecule is CC[C@@H](C)NCc1cc(Cl)ccc1OCc1cccc(C)c1. The largest absolute Gasteiger partial charge is 0.489 e. The van der Waals surface area contributed by atoms with E-state index in [4.69, 9.17) is 16.3 Å². The van der Waals surface area contributed by atoms with Crippen LogP contribution in [0.5, 0.6) is 5.75 Å². The van der Waals surface area contributed by atoms with Crippen LogP contribution in [0.15, 0.2) is 42.5 Å². The summed E-state index contributed by atoms with van der Waals surface area (Å²) >= 11 is 6.12. The third kappa shape index (κ3) is 5.04. The van der Waals surface area contributed by atoms with Gasteiger partial charge in [-0.25, -0.2) is 0 Å². The molecule has 2 aromatic rings. The molecule has 0 aliphatic carbocycles. The molecular weight excluding hydrogens is 294 g/mol. The number of nitrogens with one attached hydrogen (secondary N) is 1. The molecule has 0 heterocycles. The van der Waals surface area contributed by atoms with E-state index >= 15 is 0 Å². The molecule has 0 fully saturated rings. The lowest BCUT2D eigenvalue weighted by Crippen LogP contribution is -2.24. The highest BCUT2D eigenvalue weighted by atomic mass is 35.5. The van der Waals surface area contributed by atoms with Crippen molar-refractivity contribution in [3.63, 3.8) is 0 Å². The van der Waals surface area contributed by atoms with Gasteiger partial charge in [0.2, 0.25) is 0 Å². The molecule has 0 radical (unpaired) electrons. The van der Waals surface area contributed by atoms with Crippen molar-refractivity contribution in [1.82, 2.24) is 5.32 Å². The minimum atomic E-state index is 0.476. The maximum Gasteiger partial charge on any atom is 0.124 e. The lowest BCUT2D eigenvalue weighted by molar-refractivity contribution is 0.301. The Balaban J connectivity index is 2.06. The van der Waals surface area contributed by atoms with Crippen LogP contribution in [0, 0.1) is 6.92 Å². The van der Waals surface area contributed by atoms with E-state index in [-0.39, 0.29) is 0 Å². The van der Waals surface area contributed by atoms with Crippen molar-refractivity contribution in [3.05, 3.63) is 64.2 Å². The van der Waals surface area contributed by atoms with Crippen molar-refractivity contribution in [2.24, 2.45) is 0 Å². The van der Waals surface area contributed by atoms with Crippen molar-refractivity contribution >= 4 is 11.6 Å². The van der Waals surface area contributed by atoms with Gasteiger partial charge in [0, 0.05) is 23.2 Å². The summed E-state index contributed by atoms with van der Waals surface area (Å²) in [7, 11) is 0. The Hall–Kier alpha value is -1.51. The molecule has 118 valence electrons. The van der Waals surface area contributed by atoms with Gasteiger partial charge in [-0.15, -0.1) is 0 Å². The van der Waals surface area contributed by atoms with Crippen molar-refractivity contribution in [3.8, 4) is 5.75 Å². The molecule has 2 aromatic carbocycles. The lowest BCUT2D eigenvalue weighted by atomic mass is 10.1. The van der Waals surface area contributed by atoms with Crippen LogP contribution in [0.4, 0.5) is 0 Å². The zero-order chi connectivity index (χ0) is 15.9. The number of halogens is 1. The molecule has 1 N–H and O–H groups in total. The summed E-state index contributed by atoms with van der Waals surface area (Å²) < 4.78 is 6.00. The van der Waals surface area contributed by atoms with Crippen molar-refractivity contribution in [2.45, 2.75) is 46.4 Å². The Bertz CT molecular complexity index is 612. The topological polar surface area (TPSA) is 21.3 Å². The van der Waals surface area contributed by atoms with Crippen LogP contribution in [0.3, 0.4) is 0 Å². The fraction of sp³-hybridized carbons (Fsp3) is 0.368. The average Bonchev–Trinajstić information content (AvgIpc) is 2.51. The summed E-state index contributed by atoms with van der Waals surface area (Å²) in [4.78, 5) is 0. The maximum absolute atomic E-state index is 6.12. The Morgan fingerprint density at radius 1 is 1.18 bits per heavy atom. The predicted molar refractivity (Wildman–Crippen MR) is 93.6 cm³/mol. The van der Waals surface area contributed by atoms with Gasteiger partial charge in [0.25, 0.3) is 0 Å². The molecule has 0 aliphatic rings. The summed E-state index contributed by atoms with van der Waals surface area (Å²) in [6, 6.07) is 14.7. The van der Waals surface area contributed by atoms with E-state index in [2.05, 4.69) is 50.4 Å². The summed E-state index contributed by atoms with van der Waals surface area (Å²) in [6.07, 6.45) is 1.10. The number of benzene rings is 2. The Morgan fingerprint density at radius 3 is 2.73 bits per heavy atom. The monoisotopic (exact) mass is 317 g/mol. The molecule has 0 unspecified atom stereocenters. The molecule has 0 saturated heterocycles. The number of ether oxygens (including phenoxy) is 1. The third-order valence-corrected chi connectivity index (χ3v) is 3.99. The highest BCUT2D eigenvalue weighted by Gasteiger charge is 2.07. The molecule has 2 nitrogen and oxygen atoms in total. The quantitative estimate of drug-likeness (QED) is 0.765. The second-order valence-electron chi connectivity index (χ2n) is 5.72. The van der Waals surface area contributed by atoms with E-state index in [1.54, 1.807) is 0 Å². The van der Waals surface area contributed by atoms with Crippen LogP contribution < -0.4 is 10.1 Å². The Kier molecular flexibility index (Phi) is 6.29. The second-order valence-corrected chi connectivity index (χ2v) is 6.16. The van der Waals surface area contributed by atoms with E-state index in [0.29, 0.717) is 12.6 Å². The fourth-order valence-corrected chi connectivity index (χ4v) is 2.41. The van der Waals surface area contributed by atoms with Gasteiger partial charge in [-0.2, -0.15) is 0 Å². The summed E-state index contributed by atoms with van der Waals surface area (Å²) in [5.41, 5.74) is 3.52. The molecule has 0 bridgehead atoms. The molecule has 1 atom stereocenters.